The number of ether oxygens (including phenoxy) is 1. The number of fused-ring (bicyclic) bond motifs is 2. The van der Waals surface area contributed by atoms with Crippen molar-refractivity contribution >= 4 is 6.09 Å². The molecule has 2 aromatic carbocycles. The Morgan fingerprint density at radius 1 is 1.00 bits per heavy atom. The number of carbonyl (C=O) groups excluding carboxylic acids is 1. The van der Waals surface area contributed by atoms with Gasteiger partial charge < -0.3 is 15.2 Å². The number of hydrogen-bond donors (Lipinski definition) is 2. The standard InChI is InChI=1S/C32H34N4O3/c1-32(2,38)26-15-24(16-33-18-26)29(35-31(37)39-20-21-8-4-3-5-9-21)25-17-34-36(19-25)30-27-12-6-10-22(27)14-23-11-7-13-28(23)30/h3-5,8-9,14-19,29,38H,6-7,10-13,20H2,1-2H3,(H,35,37). The average Bonchev–Trinajstić information content (AvgIpc) is 3.70. The van der Waals surface area contributed by atoms with Crippen LogP contribution in [0.15, 0.2) is 67.3 Å². The number of carbonyl (C=O) groups is 1. The smallest absolute Gasteiger partial charge is 0.408 e. The van der Waals surface area contributed by atoms with Crippen LogP contribution in [0.4, 0.5) is 4.79 Å². The Labute approximate surface area is 228 Å². The third-order valence-electron chi connectivity index (χ3n) is 7.88. The predicted molar refractivity (Wildman–Crippen MR) is 149 cm³/mol. The lowest BCUT2D eigenvalue weighted by molar-refractivity contribution is 0.0781. The summed E-state index contributed by atoms with van der Waals surface area (Å²) in [4.78, 5) is 17.4. The molecule has 4 aromatic rings. The van der Waals surface area contributed by atoms with E-state index in [9.17, 15) is 9.90 Å². The van der Waals surface area contributed by atoms with Gasteiger partial charge in [-0.25, -0.2) is 9.48 Å². The SMILES string of the molecule is CC(C)(O)c1cncc(C(NC(=O)OCc2ccccc2)c2cnn(-c3c4c(cc5c3CCC5)CCC4)c2)c1. The maximum Gasteiger partial charge on any atom is 0.408 e. The summed E-state index contributed by atoms with van der Waals surface area (Å²) >= 11 is 0. The maximum absolute atomic E-state index is 13.0. The Morgan fingerprint density at radius 3 is 2.41 bits per heavy atom. The van der Waals surface area contributed by atoms with E-state index in [4.69, 9.17) is 9.84 Å². The lowest BCUT2D eigenvalue weighted by Gasteiger charge is -2.22. The Kier molecular flexibility index (Phi) is 6.69. The van der Waals surface area contributed by atoms with Crippen LogP contribution < -0.4 is 5.32 Å². The molecule has 0 aliphatic heterocycles. The Morgan fingerprint density at radius 2 is 1.72 bits per heavy atom. The Bertz CT molecular complexity index is 1470. The molecule has 0 saturated carbocycles. The monoisotopic (exact) mass is 522 g/mol. The molecular weight excluding hydrogens is 488 g/mol. The molecule has 0 bridgehead atoms. The zero-order valence-electron chi connectivity index (χ0n) is 22.5. The van der Waals surface area contributed by atoms with E-state index in [1.54, 1.807) is 26.2 Å². The molecule has 0 radical (unpaired) electrons. The molecule has 2 N–H and O–H groups in total. The van der Waals surface area contributed by atoms with Gasteiger partial charge in [0.1, 0.15) is 6.61 Å². The predicted octanol–water partition coefficient (Wildman–Crippen LogP) is 5.49. The van der Waals surface area contributed by atoms with Gasteiger partial charge in [0.05, 0.1) is 23.5 Å². The third kappa shape index (κ3) is 5.19. The number of aryl methyl sites for hydroxylation is 2. The first-order valence-electron chi connectivity index (χ1n) is 13.7. The van der Waals surface area contributed by atoms with Crippen molar-refractivity contribution in [3.8, 4) is 5.69 Å². The van der Waals surface area contributed by atoms with E-state index in [-0.39, 0.29) is 6.61 Å². The summed E-state index contributed by atoms with van der Waals surface area (Å²) in [5.74, 6) is 0. The molecule has 2 heterocycles. The van der Waals surface area contributed by atoms with Gasteiger partial charge in [0.15, 0.2) is 0 Å². The number of nitrogens with zero attached hydrogens (tertiary/aromatic N) is 3. The number of hydrogen-bond acceptors (Lipinski definition) is 5. The normalized spacial score (nSPS) is 15.1. The fourth-order valence-corrected chi connectivity index (χ4v) is 5.86. The van der Waals surface area contributed by atoms with E-state index >= 15 is 0 Å². The van der Waals surface area contributed by atoms with Gasteiger partial charge in [0, 0.05) is 29.7 Å². The van der Waals surface area contributed by atoms with Crippen LogP contribution in [0, 0.1) is 0 Å². The van der Waals surface area contributed by atoms with Gasteiger partial charge in [-0.3, -0.25) is 4.98 Å². The topological polar surface area (TPSA) is 89.3 Å². The molecule has 2 aromatic heterocycles. The molecule has 1 amide bonds. The number of aliphatic hydroxyl groups is 1. The molecule has 39 heavy (non-hydrogen) atoms. The van der Waals surface area contributed by atoms with E-state index in [0.717, 1.165) is 42.4 Å². The van der Waals surface area contributed by atoms with E-state index in [1.807, 2.05) is 53.5 Å². The van der Waals surface area contributed by atoms with Crippen molar-refractivity contribution in [3.63, 3.8) is 0 Å². The fraction of sp³-hybridized carbons (Fsp3) is 0.344. The van der Waals surface area contributed by atoms with Crippen LogP contribution in [0.5, 0.6) is 0 Å². The molecule has 1 atom stereocenters. The number of alkyl carbamates (subject to hydrolysis) is 1. The molecular formula is C32H34N4O3. The first-order chi connectivity index (χ1) is 18.9. The molecule has 1 unspecified atom stereocenters. The molecule has 200 valence electrons. The number of pyridine rings is 1. The van der Waals surface area contributed by atoms with Crippen LogP contribution in [0.1, 0.15) is 77.2 Å². The highest BCUT2D eigenvalue weighted by molar-refractivity contribution is 5.69. The van der Waals surface area contributed by atoms with Gasteiger partial charge in [0.2, 0.25) is 0 Å². The molecule has 0 fully saturated rings. The van der Waals surface area contributed by atoms with Crippen molar-refractivity contribution in [2.75, 3.05) is 0 Å². The van der Waals surface area contributed by atoms with Gasteiger partial charge in [-0.1, -0.05) is 36.4 Å². The van der Waals surface area contributed by atoms with Crippen LogP contribution in [-0.4, -0.2) is 26.0 Å². The minimum atomic E-state index is -1.07. The highest BCUT2D eigenvalue weighted by atomic mass is 16.5. The van der Waals surface area contributed by atoms with Crippen LogP contribution in [-0.2, 0) is 42.6 Å². The van der Waals surface area contributed by atoms with Crippen LogP contribution in [0.25, 0.3) is 5.69 Å². The molecule has 0 spiro atoms. The van der Waals surface area contributed by atoms with Crippen LogP contribution in [0.2, 0.25) is 0 Å². The number of nitrogens with one attached hydrogen (secondary N) is 1. The molecule has 2 aliphatic rings. The number of aromatic nitrogens is 3. The van der Waals surface area contributed by atoms with Crippen molar-refractivity contribution in [2.24, 2.45) is 0 Å². The minimum absolute atomic E-state index is 0.170. The van der Waals surface area contributed by atoms with E-state index < -0.39 is 17.7 Å². The molecule has 7 nitrogen and oxygen atoms in total. The summed E-state index contributed by atoms with van der Waals surface area (Å²) in [5, 5.41) is 18.5. The average molecular weight is 523 g/mol. The lowest BCUT2D eigenvalue weighted by Crippen LogP contribution is -2.30. The zero-order chi connectivity index (χ0) is 27.0. The highest BCUT2D eigenvalue weighted by Crippen LogP contribution is 2.37. The van der Waals surface area contributed by atoms with Gasteiger partial charge in [-0.15, -0.1) is 0 Å². The van der Waals surface area contributed by atoms with Gasteiger partial charge in [-0.2, -0.15) is 5.10 Å². The minimum Gasteiger partial charge on any atom is -0.445 e. The summed E-state index contributed by atoms with van der Waals surface area (Å²) in [7, 11) is 0. The highest BCUT2D eigenvalue weighted by Gasteiger charge is 2.27. The number of rotatable bonds is 7. The largest absolute Gasteiger partial charge is 0.445 e. The fourth-order valence-electron chi connectivity index (χ4n) is 5.86. The lowest BCUT2D eigenvalue weighted by atomic mass is 9.95. The summed E-state index contributed by atoms with van der Waals surface area (Å²) in [6.07, 6.45) is 13.4. The van der Waals surface area contributed by atoms with E-state index in [2.05, 4.69) is 16.4 Å². The van der Waals surface area contributed by atoms with Crippen molar-refractivity contribution in [2.45, 2.75) is 70.6 Å². The molecule has 2 aliphatic carbocycles. The second kappa shape index (κ2) is 10.3. The van der Waals surface area contributed by atoms with Gasteiger partial charge in [0.25, 0.3) is 0 Å². The second-order valence-corrected chi connectivity index (χ2v) is 11.1. The molecule has 6 rings (SSSR count). The Balaban J connectivity index is 1.35. The first-order valence-corrected chi connectivity index (χ1v) is 13.7. The third-order valence-corrected chi connectivity index (χ3v) is 7.88. The molecule has 0 saturated heterocycles. The van der Waals surface area contributed by atoms with Crippen LogP contribution in [0.3, 0.4) is 0 Å². The van der Waals surface area contributed by atoms with Crippen molar-refractivity contribution in [1.29, 1.82) is 0 Å². The summed E-state index contributed by atoms with van der Waals surface area (Å²) in [6, 6.07) is 13.3. The molecule has 7 heteroatoms. The first kappa shape index (κ1) is 25.3. The number of amides is 1. The summed E-state index contributed by atoms with van der Waals surface area (Å²) < 4.78 is 7.57. The number of benzene rings is 2. The second-order valence-electron chi connectivity index (χ2n) is 11.1. The van der Waals surface area contributed by atoms with Crippen LogP contribution >= 0.6 is 0 Å². The van der Waals surface area contributed by atoms with E-state index in [1.165, 1.54) is 40.8 Å². The van der Waals surface area contributed by atoms with E-state index in [0.29, 0.717) is 5.56 Å². The summed E-state index contributed by atoms with van der Waals surface area (Å²) in [5.41, 5.74) is 9.00. The van der Waals surface area contributed by atoms with Crippen molar-refractivity contribution in [1.82, 2.24) is 20.1 Å². The zero-order valence-corrected chi connectivity index (χ0v) is 22.5. The maximum atomic E-state index is 13.0. The van der Waals surface area contributed by atoms with Crippen molar-refractivity contribution in [3.05, 3.63) is 112 Å². The summed E-state index contributed by atoms with van der Waals surface area (Å²) in [6.45, 7) is 3.61. The van der Waals surface area contributed by atoms with Gasteiger partial charge >= 0.3 is 6.09 Å². The Hall–Kier alpha value is -3.97. The van der Waals surface area contributed by atoms with Gasteiger partial charge in [-0.05, 0) is 91.8 Å². The quantitative estimate of drug-likeness (QED) is 0.335. The van der Waals surface area contributed by atoms with Crippen molar-refractivity contribution < 1.29 is 14.6 Å².